The molecule has 0 saturated carbocycles. The van der Waals surface area contributed by atoms with Gasteiger partial charge in [0, 0.05) is 52.5 Å². The Morgan fingerprint density at radius 2 is 2.15 bits per heavy atom. The van der Waals surface area contributed by atoms with Crippen molar-refractivity contribution in [1.29, 1.82) is 0 Å². The number of fused-ring (bicyclic) bond motifs is 1. The molecule has 1 N–H and O–H groups in total. The number of carbonyl (C=O) groups is 1. The Morgan fingerprint density at radius 3 is 2.77 bits per heavy atom. The lowest BCUT2D eigenvalue weighted by Gasteiger charge is -2.35. The van der Waals surface area contributed by atoms with Crippen LogP contribution in [0.5, 0.6) is 0 Å². The van der Waals surface area contributed by atoms with Crippen molar-refractivity contribution in [3.05, 3.63) is 11.9 Å². The highest BCUT2D eigenvalue weighted by atomic mass is 32.2. The molecule has 0 radical (unpaired) electrons. The van der Waals surface area contributed by atoms with Crippen molar-refractivity contribution in [2.45, 2.75) is 42.8 Å². The third-order valence-electron chi connectivity index (χ3n) is 4.97. The standard InChI is InChI=1S/C16H27N5O4S/c1-11-15(9-20(4)17-11)26(23,24)18-12-5-13-10-25-14(8-21(13)7-12)6-16(22)19(2)3/h9,12-14,18H,5-8,10H2,1-4H3/t12-,13+,14+/m1/s1. The second-order valence-electron chi connectivity index (χ2n) is 7.36. The van der Waals surface area contributed by atoms with Crippen molar-refractivity contribution < 1.29 is 17.9 Å². The van der Waals surface area contributed by atoms with E-state index in [0.717, 1.165) is 0 Å². The van der Waals surface area contributed by atoms with E-state index in [0.29, 0.717) is 38.2 Å². The largest absolute Gasteiger partial charge is 0.375 e. The van der Waals surface area contributed by atoms with E-state index >= 15 is 0 Å². The van der Waals surface area contributed by atoms with Crippen molar-refractivity contribution >= 4 is 15.9 Å². The fourth-order valence-corrected chi connectivity index (χ4v) is 5.11. The summed E-state index contributed by atoms with van der Waals surface area (Å²) in [6, 6.07) is 0.0138. The summed E-state index contributed by atoms with van der Waals surface area (Å²) in [7, 11) is 1.56. The van der Waals surface area contributed by atoms with Gasteiger partial charge in [0.15, 0.2) is 0 Å². The van der Waals surface area contributed by atoms with Gasteiger partial charge in [-0.3, -0.25) is 14.4 Å². The molecule has 9 nitrogen and oxygen atoms in total. The Morgan fingerprint density at radius 1 is 1.42 bits per heavy atom. The van der Waals surface area contributed by atoms with E-state index in [4.69, 9.17) is 4.74 Å². The molecule has 0 unspecified atom stereocenters. The maximum Gasteiger partial charge on any atom is 0.244 e. The molecule has 2 saturated heterocycles. The van der Waals surface area contributed by atoms with Gasteiger partial charge < -0.3 is 9.64 Å². The van der Waals surface area contributed by atoms with E-state index in [2.05, 4.69) is 14.7 Å². The van der Waals surface area contributed by atoms with E-state index in [-0.39, 0.29) is 29.0 Å². The number of rotatable bonds is 5. The smallest absolute Gasteiger partial charge is 0.244 e. The van der Waals surface area contributed by atoms with Gasteiger partial charge in [0.1, 0.15) is 4.90 Å². The molecule has 0 spiro atoms. The zero-order chi connectivity index (χ0) is 19.1. The maximum absolute atomic E-state index is 12.6. The molecule has 10 heteroatoms. The van der Waals surface area contributed by atoms with Crippen LogP contribution in [0, 0.1) is 6.92 Å². The van der Waals surface area contributed by atoms with E-state index < -0.39 is 10.0 Å². The van der Waals surface area contributed by atoms with Crippen LogP contribution < -0.4 is 4.72 Å². The van der Waals surface area contributed by atoms with E-state index in [1.165, 1.54) is 10.9 Å². The summed E-state index contributed by atoms with van der Waals surface area (Å²) in [5.74, 6) is 0.0388. The molecular formula is C16H27N5O4S. The van der Waals surface area contributed by atoms with Gasteiger partial charge in [0.2, 0.25) is 15.9 Å². The molecule has 3 atom stereocenters. The van der Waals surface area contributed by atoms with Crippen molar-refractivity contribution in [3.63, 3.8) is 0 Å². The van der Waals surface area contributed by atoms with Crippen LogP contribution in [0.3, 0.4) is 0 Å². The fraction of sp³-hybridized carbons (Fsp3) is 0.750. The molecule has 2 aliphatic heterocycles. The number of nitrogens with one attached hydrogen (secondary N) is 1. The zero-order valence-electron chi connectivity index (χ0n) is 15.7. The minimum atomic E-state index is -3.60. The summed E-state index contributed by atoms with van der Waals surface area (Å²) < 4.78 is 35.4. The lowest BCUT2D eigenvalue weighted by molar-refractivity contribution is -0.134. The predicted molar refractivity (Wildman–Crippen MR) is 95.1 cm³/mol. The van der Waals surface area contributed by atoms with Crippen LogP contribution in [0.1, 0.15) is 18.5 Å². The van der Waals surface area contributed by atoms with E-state index in [1.807, 2.05) is 0 Å². The molecule has 2 fully saturated rings. The van der Waals surface area contributed by atoms with Crippen LogP contribution in [0.4, 0.5) is 0 Å². The summed E-state index contributed by atoms with van der Waals surface area (Å²) in [5.41, 5.74) is 0.487. The molecule has 1 amide bonds. The van der Waals surface area contributed by atoms with Crippen LogP contribution in [0.25, 0.3) is 0 Å². The normalized spacial score (nSPS) is 26.7. The Hall–Kier alpha value is -1.49. The second kappa shape index (κ2) is 7.26. The third-order valence-corrected chi connectivity index (χ3v) is 6.59. The van der Waals surface area contributed by atoms with Crippen molar-refractivity contribution in [3.8, 4) is 0 Å². The summed E-state index contributed by atoms with van der Waals surface area (Å²) >= 11 is 0. The number of aryl methyl sites for hydroxylation is 2. The first-order chi connectivity index (χ1) is 12.2. The average molecular weight is 385 g/mol. The molecule has 1 aromatic heterocycles. The first-order valence-corrected chi connectivity index (χ1v) is 10.2. The van der Waals surface area contributed by atoms with Crippen molar-refractivity contribution in [2.24, 2.45) is 7.05 Å². The lowest BCUT2D eigenvalue weighted by atomic mass is 10.1. The van der Waals surface area contributed by atoms with Crippen LogP contribution in [-0.4, -0.2) is 85.9 Å². The molecular weight excluding hydrogens is 358 g/mol. The molecule has 1 aromatic rings. The fourth-order valence-electron chi connectivity index (χ4n) is 3.65. The molecule has 3 heterocycles. The van der Waals surface area contributed by atoms with Gasteiger partial charge in [0.25, 0.3) is 0 Å². The average Bonchev–Trinajstić information content (AvgIpc) is 3.08. The Bertz CT molecular complexity index is 776. The Kier molecular flexibility index (Phi) is 5.38. The van der Waals surface area contributed by atoms with Gasteiger partial charge in [0.05, 0.1) is 24.8 Å². The first kappa shape index (κ1) is 19.3. The number of hydrogen-bond acceptors (Lipinski definition) is 6. The minimum absolute atomic E-state index is 0.0388. The Balaban J connectivity index is 1.60. The molecule has 26 heavy (non-hydrogen) atoms. The van der Waals surface area contributed by atoms with Crippen LogP contribution in [0.15, 0.2) is 11.1 Å². The third kappa shape index (κ3) is 4.08. The monoisotopic (exact) mass is 385 g/mol. The van der Waals surface area contributed by atoms with E-state index in [1.54, 1.807) is 33.0 Å². The summed E-state index contributed by atoms with van der Waals surface area (Å²) in [6.45, 7) is 3.48. The summed E-state index contributed by atoms with van der Waals surface area (Å²) in [4.78, 5) is 15.9. The Labute approximate surface area is 154 Å². The number of aromatic nitrogens is 2. The number of carbonyl (C=O) groups excluding carboxylic acids is 1. The molecule has 2 aliphatic rings. The van der Waals surface area contributed by atoms with Crippen LogP contribution >= 0.6 is 0 Å². The van der Waals surface area contributed by atoms with Gasteiger partial charge in [-0.15, -0.1) is 0 Å². The quantitative estimate of drug-likeness (QED) is 0.722. The molecule has 0 aromatic carbocycles. The zero-order valence-corrected chi connectivity index (χ0v) is 16.5. The first-order valence-electron chi connectivity index (χ1n) is 8.74. The molecule has 146 valence electrons. The number of morpholine rings is 1. The van der Waals surface area contributed by atoms with Gasteiger partial charge in [-0.25, -0.2) is 13.1 Å². The maximum atomic E-state index is 12.6. The van der Waals surface area contributed by atoms with Crippen LogP contribution in [0.2, 0.25) is 0 Å². The summed E-state index contributed by atoms with van der Waals surface area (Å²) in [6.07, 6.45) is 2.43. The SMILES string of the molecule is Cc1nn(C)cc1S(=O)(=O)N[C@@H]1C[C@H]2CO[C@@H](CC(=O)N(C)C)CN2C1. The number of ether oxygens (including phenoxy) is 1. The van der Waals surface area contributed by atoms with Crippen molar-refractivity contribution in [2.75, 3.05) is 33.8 Å². The van der Waals surface area contributed by atoms with Crippen molar-refractivity contribution in [1.82, 2.24) is 24.3 Å². The number of nitrogens with zero attached hydrogens (tertiary/aromatic N) is 4. The van der Waals surface area contributed by atoms with Gasteiger partial charge in [-0.1, -0.05) is 0 Å². The lowest BCUT2D eigenvalue weighted by Crippen LogP contribution is -2.47. The second-order valence-corrected chi connectivity index (χ2v) is 9.04. The van der Waals surface area contributed by atoms with Gasteiger partial charge in [-0.05, 0) is 13.3 Å². The summed E-state index contributed by atoms with van der Waals surface area (Å²) in [5, 5.41) is 4.11. The minimum Gasteiger partial charge on any atom is -0.375 e. The highest BCUT2D eigenvalue weighted by molar-refractivity contribution is 7.89. The number of amides is 1. The molecule has 0 aliphatic carbocycles. The number of sulfonamides is 1. The van der Waals surface area contributed by atoms with E-state index in [9.17, 15) is 13.2 Å². The van der Waals surface area contributed by atoms with Gasteiger partial charge >= 0.3 is 0 Å². The molecule has 3 rings (SSSR count). The molecule has 0 bridgehead atoms. The van der Waals surface area contributed by atoms with Crippen LogP contribution in [-0.2, 0) is 26.6 Å². The van der Waals surface area contributed by atoms with Gasteiger partial charge in [-0.2, -0.15) is 5.10 Å². The number of hydrogen-bond donors (Lipinski definition) is 1. The highest BCUT2D eigenvalue weighted by Crippen LogP contribution is 2.26. The predicted octanol–water partition coefficient (Wildman–Crippen LogP) is -0.673. The topological polar surface area (TPSA) is 96.8 Å². The highest BCUT2D eigenvalue weighted by Gasteiger charge is 2.39.